The topological polar surface area (TPSA) is 75.6 Å². The van der Waals surface area contributed by atoms with E-state index in [9.17, 15) is 14.7 Å². The third-order valence-electron chi connectivity index (χ3n) is 2.57. The van der Waals surface area contributed by atoms with Crippen molar-refractivity contribution in [2.75, 3.05) is 12.4 Å². The van der Waals surface area contributed by atoms with Crippen LogP contribution in [0, 0.1) is 0 Å². The number of rotatable bonds is 1. The van der Waals surface area contributed by atoms with Crippen molar-refractivity contribution in [2.45, 2.75) is 6.42 Å². The number of anilines is 1. The van der Waals surface area contributed by atoms with Gasteiger partial charge in [-0.2, -0.15) is 0 Å². The van der Waals surface area contributed by atoms with Crippen LogP contribution in [0.5, 0.6) is 0 Å². The van der Waals surface area contributed by atoms with E-state index in [0.29, 0.717) is 11.3 Å². The van der Waals surface area contributed by atoms with Crippen molar-refractivity contribution in [1.29, 1.82) is 0 Å². The number of carbonyl (C=O) groups is 2. The molecule has 2 N–H and O–H groups in total. The van der Waals surface area contributed by atoms with Crippen LogP contribution >= 0.6 is 15.9 Å². The van der Waals surface area contributed by atoms with Crippen molar-refractivity contribution < 1.29 is 19.4 Å². The fourth-order valence-corrected chi connectivity index (χ4v) is 2.08. The van der Waals surface area contributed by atoms with Crippen LogP contribution in [0.4, 0.5) is 5.69 Å². The Morgan fingerprint density at radius 2 is 2.22 bits per heavy atom. The van der Waals surface area contributed by atoms with E-state index in [2.05, 4.69) is 26.0 Å². The van der Waals surface area contributed by atoms with Crippen LogP contribution in [-0.4, -0.2) is 24.1 Å². The first-order valence-corrected chi connectivity index (χ1v) is 5.92. The lowest BCUT2D eigenvalue weighted by molar-refractivity contribution is -0.137. The fourth-order valence-electron chi connectivity index (χ4n) is 1.72. The number of hydrogen-bond donors (Lipinski definition) is 2. The largest absolute Gasteiger partial charge is 0.507 e. The Kier molecular flexibility index (Phi) is 3.38. The Hall–Kier alpha value is -1.82. The predicted molar refractivity (Wildman–Crippen MR) is 69.0 cm³/mol. The molecular formula is C12H10BrNO4. The number of halogens is 1. The fraction of sp³-hybridized carbons (Fsp3) is 0.167. The Balaban J connectivity index is 2.61. The summed E-state index contributed by atoms with van der Waals surface area (Å²) in [6.45, 7) is 0. The van der Waals surface area contributed by atoms with Gasteiger partial charge in [-0.25, -0.2) is 4.79 Å². The second-order valence-electron chi connectivity index (χ2n) is 3.73. The van der Waals surface area contributed by atoms with Crippen molar-refractivity contribution in [2.24, 2.45) is 0 Å². The first-order valence-electron chi connectivity index (χ1n) is 5.13. The van der Waals surface area contributed by atoms with Gasteiger partial charge in [0, 0.05) is 10.0 Å². The minimum Gasteiger partial charge on any atom is -0.507 e. The third kappa shape index (κ3) is 2.24. The quantitative estimate of drug-likeness (QED) is 0.780. The van der Waals surface area contributed by atoms with E-state index in [4.69, 9.17) is 0 Å². The number of methoxy groups -OCH3 is 1. The molecule has 0 atom stereocenters. The maximum absolute atomic E-state index is 11.7. The highest BCUT2D eigenvalue weighted by atomic mass is 79.9. The number of carbonyl (C=O) groups excluding carboxylic acids is 2. The molecule has 5 nitrogen and oxygen atoms in total. The Morgan fingerprint density at radius 1 is 1.50 bits per heavy atom. The average molecular weight is 312 g/mol. The molecule has 1 aromatic carbocycles. The molecule has 0 fully saturated rings. The van der Waals surface area contributed by atoms with Crippen molar-refractivity contribution in [3.8, 4) is 0 Å². The summed E-state index contributed by atoms with van der Waals surface area (Å²) < 4.78 is 5.32. The van der Waals surface area contributed by atoms with Crippen molar-refractivity contribution in [3.63, 3.8) is 0 Å². The molecule has 0 unspecified atom stereocenters. The molecule has 1 aliphatic heterocycles. The van der Waals surface area contributed by atoms with Crippen LogP contribution in [0.1, 0.15) is 12.0 Å². The summed E-state index contributed by atoms with van der Waals surface area (Å²) in [5, 5.41) is 12.7. The number of aliphatic hydroxyl groups excluding tert-OH is 1. The zero-order chi connectivity index (χ0) is 13.3. The zero-order valence-corrected chi connectivity index (χ0v) is 11.1. The lowest BCUT2D eigenvalue weighted by atomic mass is 10.1. The third-order valence-corrected chi connectivity index (χ3v) is 3.06. The molecule has 0 radical (unpaired) electrons. The second kappa shape index (κ2) is 4.81. The number of hydrogen-bond acceptors (Lipinski definition) is 4. The zero-order valence-electron chi connectivity index (χ0n) is 9.49. The van der Waals surface area contributed by atoms with Crippen LogP contribution in [0.3, 0.4) is 0 Å². The van der Waals surface area contributed by atoms with E-state index in [1.165, 1.54) is 7.11 Å². The number of aliphatic hydroxyl groups is 1. The SMILES string of the molecule is COC(=O)C1=C(O)c2ccc(Br)cc2NC(=O)C1. The molecule has 1 aromatic rings. The molecular weight excluding hydrogens is 302 g/mol. The molecule has 0 aromatic heterocycles. The van der Waals surface area contributed by atoms with E-state index in [0.717, 1.165) is 4.47 Å². The van der Waals surface area contributed by atoms with Gasteiger partial charge in [0.15, 0.2) is 0 Å². The van der Waals surface area contributed by atoms with E-state index in [1.54, 1.807) is 18.2 Å². The summed E-state index contributed by atoms with van der Waals surface area (Å²) in [6, 6.07) is 4.98. The lowest BCUT2D eigenvalue weighted by Crippen LogP contribution is -2.14. The summed E-state index contributed by atoms with van der Waals surface area (Å²) in [6.07, 6.45) is -0.217. The highest BCUT2D eigenvalue weighted by Gasteiger charge is 2.26. The van der Waals surface area contributed by atoms with E-state index < -0.39 is 5.97 Å². The van der Waals surface area contributed by atoms with Gasteiger partial charge in [-0.15, -0.1) is 0 Å². The van der Waals surface area contributed by atoms with E-state index in [-0.39, 0.29) is 23.7 Å². The Morgan fingerprint density at radius 3 is 2.89 bits per heavy atom. The molecule has 94 valence electrons. The molecule has 1 amide bonds. The number of ether oxygens (including phenoxy) is 1. The van der Waals surface area contributed by atoms with E-state index >= 15 is 0 Å². The summed E-state index contributed by atoms with van der Waals surface area (Å²) in [4.78, 5) is 23.2. The van der Waals surface area contributed by atoms with Gasteiger partial charge in [0.2, 0.25) is 5.91 Å². The summed E-state index contributed by atoms with van der Waals surface area (Å²) in [5.41, 5.74) is 0.798. The summed E-state index contributed by atoms with van der Waals surface area (Å²) >= 11 is 3.27. The molecule has 1 heterocycles. The standard InChI is InChI=1S/C12H10BrNO4/c1-18-12(17)8-5-10(15)14-9-4-6(13)2-3-7(9)11(8)16/h2-4,16H,5H2,1H3,(H,14,15). The lowest BCUT2D eigenvalue weighted by Gasteiger charge is -2.07. The smallest absolute Gasteiger partial charge is 0.338 e. The van der Waals surface area contributed by atoms with Crippen LogP contribution in [0.15, 0.2) is 28.2 Å². The molecule has 0 saturated heterocycles. The maximum atomic E-state index is 11.7. The van der Waals surface area contributed by atoms with Gasteiger partial charge < -0.3 is 15.2 Å². The van der Waals surface area contributed by atoms with Gasteiger partial charge in [-0.05, 0) is 18.2 Å². The number of fused-ring (bicyclic) bond motifs is 1. The summed E-state index contributed by atoms with van der Waals surface area (Å²) in [5.74, 6) is -1.32. The second-order valence-corrected chi connectivity index (χ2v) is 4.65. The maximum Gasteiger partial charge on any atom is 0.338 e. The predicted octanol–water partition coefficient (Wildman–Crippen LogP) is 2.23. The Bertz CT molecular complexity index is 565. The van der Waals surface area contributed by atoms with Gasteiger partial charge in [-0.3, -0.25) is 4.79 Å². The minimum atomic E-state index is -0.710. The molecule has 18 heavy (non-hydrogen) atoms. The minimum absolute atomic E-state index is 0.0453. The first-order chi connectivity index (χ1) is 8.52. The highest BCUT2D eigenvalue weighted by molar-refractivity contribution is 9.10. The van der Waals surface area contributed by atoms with Gasteiger partial charge in [0.25, 0.3) is 0 Å². The molecule has 0 spiro atoms. The Labute approximate surface area is 112 Å². The van der Waals surface area contributed by atoms with Gasteiger partial charge in [-0.1, -0.05) is 15.9 Å². The number of amides is 1. The molecule has 2 rings (SSSR count). The summed E-state index contributed by atoms with van der Waals surface area (Å²) in [7, 11) is 1.20. The molecule has 1 aliphatic rings. The van der Waals surface area contributed by atoms with Crippen molar-refractivity contribution in [1.82, 2.24) is 0 Å². The van der Waals surface area contributed by atoms with Crippen LogP contribution < -0.4 is 5.32 Å². The number of nitrogens with one attached hydrogen (secondary N) is 1. The van der Waals surface area contributed by atoms with Gasteiger partial charge >= 0.3 is 5.97 Å². The monoisotopic (exact) mass is 311 g/mol. The van der Waals surface area contributed by atoms with Crippen LogP contribution in [0.25, 0.3) is 5.76 Å². The van der Waals surface area contributed by atoms with Gasteiger partial charge in [0.1, 0.15) is 5.76 Å². The molecule has 0 bridgehead atoms. The molecule has 0 saturated carbocycles. The van der Waals surface area contributed by atoms with Crippen LogP contribution in [0.2, 0.25) is 0 Å². The van der Waals surface area contributed by atoms with Gasteiger partial charge in [0.05, 0.1) is 24.8 Å². The number of benzene rings is 1. The van der Waals surface area contributed by atoms with Crippen molar-refractivity contribution in [3.05, 3.63) is 33.8 Å². The average Bonchev–Trinajstić information content (AvgIpc) is 2.45. The number of esters is 1. The van der Waals surface area contributed by atoms with E-state index in [1.807, 2.05) is 0 Å². The van der Waals surface area contributed by atoms with Crippen molar-refractivity contribution >= 4 is 39.3 Å². The highest BCUT2D eigenvalue weighted by Crippen LogP contribution is 2.32. The molecule has 0 aliphatic carbocycles. The molecule has 6 heteroatoms. The van der Waals surface area contributed by atoms with Crippen LogP contribution in [-0.2, 0) is 14.3 Å². The first kappa shape index (κ1) is 12.6. The normalized spacial score (nSPS) is 14.7.